The topological polar surface area (TPSA) is 61.8 Å². The summed E-state index contributed by atoms with van der Waals surface area (Å²) >= 11 is 0. The van der Waals surface area contributed by atoms with E-state index in [0.29, 0.717) is 12.4 Å². The molecule has 21 heavy (non-hydrogen) atoms. The van der Waals surface area contributed by atoms with E-state index in [9.17, 15) is 9.90 Å². The van der Waals surface area contributed by atoms with Crippen LogP contribution in [0.4, 0.5) is 0 Å². The molecule has 1 aromatic carbocycles. The lowest BCUT2D eigenvalue weighted by atomic mass is 10.1. The minimum atomic E-state index is -0.226. The molecule has 1 aromatic rings. The van der Waals surface area contributed by atoms with Gasteiger partial charge < -0.3 is 14.7 Å². The van der Waals surface area contributed by atoms with E-state index in [4.69, 9.17) is 4.74 Å². The zero-order chi connectivity index (χ0) is 14.8. The van der Waals surface area contributed by atoms with Gasteiger partial charge in [0.1, 0.15) is 18.1 Å². The minimum absolute atomic E-state index is 0.00402. The van der Waals surface area contributed by atoms with E-state index in [1.807, 2.05) is 17.9 Å². The van der Waals surface area contributed by atoms with Gasteiger partial charge in [0.15, 0.2) is 0 Å². The van der Waals surface area contributed by atoms with E-state index in [1.54, 1.807) is 12.1 Å². The molecule has 0 radical (unpaired) electrons. The fourth-order valence-electron chi connectivity index (χ4n) is 3.10. The second kappa shape index (κ2) is 5.93. The van der Waals surface area contributed by atoms with Crippen molar-refractivity contribution in [2.24, 2.45) is 0 Å². The molecule has 1 amide bonds. The Morgan fingerprint density at radius 2 is 2.14 bits per heavy atom. The third kappa shape index (κ3) is 2.97. The Morgan fingerprint density at radius 3 is 2.90 bits per heavy atom. The number of piperidine rings is 1. The van der Waals surface area contributed by atoms with Gasteiger partial charge in [0.25, 0.3) is 0 Å². The van der Waals surface area contributed by atoms with Gasteiger partial charge >= 0.3 is 0 Å². The number of hydrogen-bond donors (Lipinski definition) is 2. The van der Waals surface area contributed by atoms with Crippen molar-refractivity contribution in [3.8, 4) is 11.5 Å². The number of nitrogens with one attached hydrogen (secondary N) is 1. The highest BCUT2D eigenvalue weighted by atomic mass is 16.5. The molecule has 5 heteroatoms. The fraction of sp³-hybridized carbons (Fsp3) is 0.562. The largest absolute Gasteiger partial charge is 0.508 e. The number of fused-ring (bicyclic) bond motifs is 1. The van der Waals surface area contributed by atoms with Crippen LogP contribution in [0.5, 0.6) is 11.5 Å². The van der Waals surface area contributed by atoms with Crippen molar-refractivity contribution in [1.29, 1.82) is 0 Å². The number of phenols is 1. The van der Waals surface area contributed by atoms with E-state index in [2.05, 4.69) is 5.32 Å². The SMILES string of the molecule is CC(NC1COc2cc(O)ccc21)C(=O)N1CCCCC1. The number of ether oxygens (including phenoxy) is 1. The van der Waals surface area contributed by atoms with Crippen molar-refractivity contribution >= 4 is 5.91 Å². The van der Waals surface area contributed by atoms with Gasteiger partial charge in [-0.1, -0.05) is 0 Å². The molecule has 0 bridgehead atoms. The van der Waals surface area contributed by atoms with Crippen LogP contribution in [-0.2, 0) is 4.79 Å². The molecule has 2 unspecified atom stereocenters. The molecule has 0 saturated carbocycles. The molecule has 2 aliphatic rings. The van der Waals surface area contributed by atoms with Gasteiger partial charge in [-0.25, -0.2) is 0 Å². The second-order valence-corrected chi connectivity index (χ2v) is 5.86. The van der Waals surface area contributed by atoms with Crippen molar-refractivity contribution in [3.63, 3.8) is 0 Å². The number of carbonyl (C=O) groups excluding carboxylic acids is 1. The molecule has 0 spiro atoms. The zero-order valence-electron chi connectivity index (χ0n) is 12.3. The summed E-state index contributed by atoms with van der Waals surface area (Å²) in [5.74, 6) is 1.07. The first kappa shape index (κ1) is 14.2. The van der Waals surface area contributed by atoms with Crippen molar-refractivity contribution in [2.75, 3.05) is 19.7 Å². The Morgan fingerprint density at radius 1 is 1.38 bits per heavy atom. The van der Waals surface area contributed by atoms with Crippen molar-refractivity contribution in [1.82, 2.24) is 10.2 Å². The van der Waals surface area contributed by atoms with E-state index in [0.717, 1.165) is 31.5 Å². The number of carbonyl (C=O) groups is 1. The lowest BCUT2D eigenvalue weighted by Crippen LogP contribution is -2.47. The minimum Gasteiger partial charge on any atom is -0.508 e. The molecule has 0 aromatic heterocycles. The average Bonchev–Trinajstić information content (AvgIpc) is 2.89. The first-order chi connectivity index (χ1) is 10.1. The van der Waals surface area contributed by atoms with Crippen LogP contribution < -0.4 is 10.1 Å². The summed E-state index contributed by atoms with van der Waals surface area (Å²) < 4.78 is 5.57. The highest BCUT2D eigenvalue weighted by Crippen LogP contribution is 2.35. The van der Waals surface area contributed by atoms with Gasteiger partial charge in [0.2, 0.25) is 5.91 Å². The maximum absolute atomic E-state index is 12.4. The van der Waals surface area contributed by atoms with E-state index >= 15 is 0 Å². The number of aromatic hydroxyl groups is 1. The molecule has 114 valence electrons. The quantitative estimate of drug-likeness (QED) is 0.891. The molecule has 2 heterocycles. The zero-order valence-corrected chi connectivity index (χ0v) is 12.3. The Hall–Kier alpha value is -1.75. The average molecular weight is 290 g/mol. The lowest BCUT2D eigenvalue weighted by molar-refractivity contribution is -0.134. The molecular formula is C16H22N2O3. The first-order valence-electron chi connectivity index (χ1n) is 7.65. The van der Waals surface area contributed by atoms with E-state index in [-0.39, 0.29) is 23.7 Å². The Bertz CT molecular complexity index is 526. The predicted molar refractivity (Wildman–Crippen MR) is 79.4 cm³/mol. The number of amides is 1. The highest BCUT2D eigenvalue weighted by molar-refractivity contribution is 5.81. The Kier molecular flexibility index (Phi) is 4.01. The molecule has 2 N–H and O–H groups in total. The maximum Gasteiger partial charge on any atom is 0.239 e. The summed E-state index contributed by atoms with van der Waals surface area (Å²) in [5.41, 5.74) is 1.01. The summed E-state index contributed by atoms with van der Waals surface area (Å²) in [6, 6.07) is 4.90. The number of phenolic OH excluding ortho intramolecular Hbond substituents is 1. The number of likely N-dealkylation sites (tertiary alicyclic amines) is 1. The van der Waals surface area contributed by atoms with Crippen LogP contribution in [0.15, 0.2) is 18.2 Å². The van der Waals surface area contributed by atoms with Crippen LogP contribution in [0.1, 0.15) is 37.8 Å². The normalized spacial score (nSPS) is 22.5. The standard InChI is InChI=1S/C16H22N2O3/c1-11(16(20)18-7-3-2-4-8-18)17-14-10-21-15-9-12(19)5-6-13(14)15/h5-6,9,11,14,17,19H,2-4,7-8,10H2,1H3. The van der Waals surface area contributed by atoms with Crippen molar-refractivity contribution in [3.05, 3.63) is 23.8 Å². The smallest absolute Gasteiger partial charge is 0.239 e. The molecule has 1 fully saturated rings. The third-order valence-corrected chi connectivity index (χ3v) is 4.27. The van der Waals surface area contributed by atoms with Crippen LogP contribution >= 0.6 is 0 Å². The monoisotopic (exact) mass is 290 g/mol. The van der Waals surface area contributed by atoms with Gasteiger partial charge in [-0.2, -0.15) is 0 Å². The van der Waals surface area contributed by atoms with Gasteiger partial charge in [-0.3, -0.25) is 10.1 Å². The van der Waals surface area contributed by atoms with E-state index < -0.39 is 0 Å². The number of hydrogen-bond acceptors (Lipinski definition) is 4. The van der Waals surface area contributed by atoms with Crippen LogP contribution in [0.3, 0.4) is 0 Å². The van der Waals surface area contributed by atoms with Crippen molar-refractivity contribution in [2.45, 2.75) is 38.3 Å². The maximum atomic E-state index is 12.4. The van der Waals surface area contributed by atoms with E-state index in [1.165, 1.54) is 6.42 Å². The molecule has 1 saturated heterocycles. The summed E-state index contributed by atoms with van der Waals surface area (Å²) in [6.45, 7) is 4.15. The summed E-state index contributed by atoms with van der Waals surface area (Å²) in [4.78, 5) is 14.4. The Balaban J connectivity index is 1.63. The van der Waals surface area contributed by atoms with Gasteiger partial charge in [0.05, 0.1) is 12.1 Å². The molecule has 3 rings (SSSR count). The van der Waals surface area contributed by atoms with Gasteiger partial charge in [-0.05, 0) is 38.3 Å². The van der Waals surface area contributed by atoms with Crippen molar-refractivity contribution < 1.29 is 14.6 Å². The highest BCUT2D eigenvalue weighted by Gasteiger charge is 2.29. The van der Waals surface area contributed by atoms with Crippen LogP contribution in [-0.4, -0.2) is 41.7 Å². The van der Waals surface area contributed by atoms with Crippen LogP contribution in [0.2, 0.25) is 0 Å². The second-order valence-electron chi connectivity index (χ2n) is 5.86. The number of benzene rings is 1. The summed E-state index contributed by atoms with van der Waals surface area (Å²) in [6.07, 6.45) is 3.43. The molecule has 0 aliphatic carbocycles. The fourth-order valence-corrected chi connectivity index (χ4v) is 3.10. The van der Waals surface area contributed by atoms with Gasteiger partial charge in [0, 0.05) is 24.7 Å². The molecule has 5 nitrogen and oxygen atoms in total. The summed E-state index contributed by atoms with van der Waals surface area (Å²) in [5, 5.41) is 12.8. The van der Waals surface area contributed by atoms with Gasteiger partial charge in [-0.15, -0.1) is 0 Å². The molecular weight excluding hydrogens is 268 g/mol. The molecule has 2 atom stereocenters. The van der Waals surface area contributed by atoms with Crippen LogP contribution in [0.25, 0.3) is 0 Å². The Labute approximate surface area is 124 Å². The number of rotatable bonds is 3. The summed E-state index contributed by atoms with van der Waals surface area (Å²) in [7, 11) is 0. The first-order valence-corrected chi connectivity index (χ1v) is 7.65. The molecule has 2 aliphatic heterocycles. The number of nitrogens with zero attached hydrogens (tertiary/aromatic N) is 1. The lowest BCUT2D eigenvalue weighted by Gasteiger charge is -2.30. The predicted octanol–water partition coefficient (Wildman–Crippen LogP) is 1.82. The van der Waals surface area contributed by atoms with Crippen LogP contribution in [0, 0.1) is 0 Å². The third-order valence-electron chi connectivity index (χ3n) is 4.27.